The molecule has 1 aliphatic rings. The van der Waals surface area contributed by atoms with Crippen molar-refractivity contribution >= 4 is 23.3 Å². The first-order valence-corrected chi connectivity index (χ1v) is 7.91. The van der Waals surface area contributed by atoms with Crippen LogP contribution in [0.1, 0.15) is 31.1 Å². The summed E-state index contributed by atoms with van der Waals surface area (Å²) in [5.74, 6) is -1.00. The molecule has 7 heteroatoms. The average molecular weight is 335 g/mol. The lowest BCUT2D eigenvalue weighted by atomic mass is 10.1. The first-order valence-electron chi connectivity index (χ1n) is 7.91. The summed E-state index contributed by atoms with van der Waals surface area (Å²) in [5.41, 5.74) is 0.774. The highest BCUT2D eigenvalue weighted by atomic mass is 19.1. The predicted molar refractivity (Wildman–Crippen MR) is 88.5 cm³/mol. The number of nitrogens with one attached hydrogen (secondary N) is 1. The highest BCUT2D eigenvalue weighted by Gasteiger charge is 2.26. The van der Waals surface area contributed by atoms with E-state index in [1.165, 1.54) is 19.9 Å². The van der Waals surface area contributed by atoms with Gasteiger partial charge in [0, 0.05) is 38.7 Å². The van der Waals surface area contributed by atoms with Gasteiger partial charge in [-0.3, -0.25) is 14.4 Å². The Labute approximate surface area is 140 Å². The molecule has 1 N–H and O–H groups in total. The molecule has 1 aliphatic heterocycles. The van der Waals surface area contributed by atoms with E-state index in [1.54, 1.807) is 24.0 Å². The van der Waals surface area contributed by atoms with Crippen molar-refractivity contribution in [3.8, 4) is 0 Å². The van der Waals surface area contributed by atoms with Gasteiger partial charge in [-0.2, -0.15) is 0 Å². The molecular weight excluding hydrogens is 313 g/mol. The van der Waals surface area contributed by atoms with Crippen molar-refractivity contribution in [2.75, 3.05) is 31.1 Å². The van der Waals surface area contributed by atoms with E-state index in [1.807, 2.05) is 4.90 Å². The quantitative estimate of drug-likeness (QED) is 0.840. The first-order chi connectivity index (χ1) is 11.3. The van der Waals surface area contributed by atoms with E-state index in [9.17, 15) is 18.8 Å². The van der Waals surface area contributed by atoms with E-state index in [2.05, 4.69) is 5.32 Å². The number of anilines is 1. The molecule has 1 aromatic rings. The summed E-state index contributed by atoms with van der Waals surface area (Å²) in [5, 5.41) is 2.57. The van der Waals surface area contributed by atoms with Crippen LogP contribution in [0.4, 0.5) is 10.1 Å². The minimum atomic E-state index is -0.569. The summed E-state index contributed by atoms with van der Waals surface area (Å²) in [7, 11) is 0. The maximum Gasteiger partial charge on any atom is 0.244 e. The Hall–Kier alpha value is -2.44. The monoisotopic (exact) mass is 335 g/mol. The molecule has 0 bridgehead atoms. The summed E-state index contributed by atoms with van der Waals surface area (Å²) >= 11 is 0. The lowest BCUT2D eigenvalue weighted by Crippen LogP contribution is -2.54. The van der Waals surface area contributed by atoms with E-state index in [0.29, 0.717) is 37.4 Å². The zero-order valence-electron chi connectivity index (χ0n) is 14.1. The summed E-state index contributed by atoms with van der Waals surface area (Å²) in [6.07, 6.45) is 0. The summed E-state index contributed by atoms with van der Waals surface area (Å²) < 4.78 is 14.2. The summed E-state index contributed by atoms with van der Waals surface area (Å²) in [4.78, 5) is 38.1. The summed E-state index contributed by atoms with van der Waals surface area (Å²) in [6.45, 7) is 6.32. The number of benzene rings is 1. The highest BCUT2D eigenvalue weighted by molar-refractivity contribution is 5.94. The zero-order chi connectivity index (χ0) is 17.9. The van der Waals surface area contributed by atoms with Gasteiger partial charge in [-0.15, -0.1) is 0 Å². The van der Waals surface area contributed by atoms with Crippen LogP contribution in [0.3, 0.4) is 0 Å². The molecule has 0 radical (unpaired) electrons. The third-order valence-corrected chi connectivity index (χ3v) is 4.08. The van der Waals surface area contributed by atoms with E-state index in [0.717, 1.165) is 0 Å². The molecule has 130 valence electrons. The second-order valence-electron chi connectivity index (χ2n) is 5.96. The van der Waals surface area contributed by atoms with Crippen molar-refractivity contribution in [1.29, 1.82) is 0 Å². The van der Waals surface area contributed by atoms with Gasteiger partial charge in [0.05, 0.1) is 5.69 Å². The maximum absolute atomic E-state index is 14.2. The van der Waals surface area contributed by atoms with Crippen LogP contribution < -0.4 is 10.2 Å². The molecule has 1 unspecified atom stereocenters. The Kier molecular flexibility index (Phi) is 5.54. The molecule has 1 saturated heterocycles. The molecule has 1 aromatic carbocycles. The number of Topliss-reactive ketones (excluding diaryl/α,β-unsaturated/α-hetero) is 1. The van der Waals surface area contributed by atoms with Crippen molar-refractivity contribution < 1.29 is 18.8 Å². The van der Waals surface area contributed by atoms with Gasteiger partial charge in [-0.25, -0.2) is 4.39 Å². The van der Waals surface area contributed by atoms with E-state index >= 15 is 0 Å². The minimum absolute atomic E-state index is 0.141. The van der Waals surface area contributed by atoms with Gasteiger partial charge < -0.3 is 15.1 Å². The van der Waals surface area contributed by atoms with Crippen LogP contribution in [0.25, 0.3) is 0 Å². The Morgan fingerprint density at radius 1 is 1.12 bits per heavy atom. The SMILES string of the molecule is CC(=O)NC(C)C(=O)N1CCN(c2ccc(C(C)=O)cc2F)CC1. The van der Waals surface area contributed by atoms with Crippen LogP contribution in [0.5, 0.6) is 0 Å². The molecule has 2 rings (SSSR count). The molecule has 24 heavy (non-hydrogen) atoms. The molecule has 1 fully saturated rings. The van der Waals surface area contributed by atoms with E-state index in [-0.39, 0.29) is 17.6 Å². The molecule has 1 atom stereocenters. The predicted octanol–water partition coefficient (Wildman–Crippen LogP) is 1.20. The molecular formula is C17H22FN3O3. The average Bonchev–Trinajstić information content (AvgIpc) is 2.53. The Balaban J connectivity index is 1.99. The second kappa shape index (κ2) is 7.42. The topological polar surface area (TPSA) is 69.7 Å². The number of nitrogens with zero attached hydrogens (tertiary/aromatic N) is 2. The van der Waals surface area contributed by atoms with Crippen molar-refractivity contribution in [1.82, 2.24) is 10.2 Å². The fourth-order valence-electron chi connectivity index (χ4n) is 2.79. The van der Waals surface area contributed by atoms with Crippen LogP contribution in [-0.2, 0) is 9.59 Å². The number of carbonyl (C=O) groups is 3. The Bertz CT molecular complexity index is 654. The minimum Gasteiger partial charge on any atom is -0.366 e. The van der Waals surface area contributed by atoms with Crippen molar-refractivity contribution in [2.24, 2.45) is 0 Å². The zero-order valence-corrected chi connectivity index (χ0v) is 14.1. The largest absolute Gasteiger partial charge is 0.366 e. The molecule has 0 saturated carbocycles. The normalized spacial score (nSPS) is 15.8. The number of ketones is 1. The number of hydrogen-bond acceptors (Lipinski definition) is 4. The smallest absolute Gasteiger partial charge is 0.244 e. The molecule has 0 aliphatic carbocycles. The lowest BCUT2D eigenvalue weighted by molar-refractivity contribution is -0.135. The number of halogens is 1. The summed E-state index contributed by atoms with van der Waals surface area (Å²) in [6, 6.07) is 3.88. The third-order valence-electron chi connectivity index (χ3n) is 4.08. The number of rotatable bonds is 4. The molecule has 2 amide bonds. The van der Waals surface area contributed by atoms with Gasteiger partial charge >= 0.3 is 0 Å². The van der Waals surface area contributed by atoms with Gasteiger partial charge in [-0.1, -0.05) is 0 Å². The van der Waals surface area contributed by atoms with E-state index < -0.39 is 11.9 Å². The van der Waals surface area contributed by atoms with Gasteiger partial charge in [0.2, 0.25) is 11.8 Å². The highest BCUT2D eigenvalue weighted by Crippen LogP contribution is 2.22. The van der Waals surface area contributed by atoms with Gasteiger partial charge in [0.15, 0.2) is 5.78 Å². The second-order valence-corrected chi connectivity index (χ2v) is 5.96. The molecule has 0 spiro atoms. The first kappa shape index (κ1) is 17.9. The fraction of sp³-hybridized carbons (Fsp3) is 0.471. The van der Waals surface area contributed by atoms with Crippen molar-refractivity contribution in [3.05, 3.63) is 29.6 Å². The van der Waals surface area contributed by atoms with Crippen LogP contribution >= 0.6 is 0 Å². The fourth-order valence-corrected chi connectivity index (χ4v) is 2.79. The van der Waals surface area contributed by atoms with E-state index in [4.69, 9.17) is 0 Å². The van der Waals surface area contributed by atoms with Crippen LogP contribution in [0.15, 0.2) is 18.2 Å². The van der Waals surface area contributed by atoms with Gasteiger partial charge in [0.25, 0.3) is 0 Å². The maximum atomic E-state index is 14.2. The van der Waals surface area contributed by atoms with Crippen molar-refractivity contribution in [3.63, 3.8) is 0 Å². The van der Waals surface area contributed by atoms with Gasteiger partial charge in [0.1, 0.15) is 11.9 Å². The Morgan fingerprint density at radius 2 is 1.75 bits per heavy atom. The molecule has 6 nitrogen and oxygen atoms in total. The van der Waals surface area contributed by atoms with Crippen LogP contribution in [0.2, 0.25) is 0 Å². The molecule has 1 heterocycles. The number of piperazine rings is 1. The van der Waals surface area contributed by atoms with Crippen LogP contribution in [0, 0.1) is 5.82 Å². The van der Waals surface area contributed by atoms with Crippen LogP contribution in [-0.4, -0.2) is 54.7 Å². The number of carbonyl (C=O) groups excluding carboxylic acids is 3. The standard InChI is InChI=1S/C17H22FN3O3/c1-11(19-13(3)23)17(24)21-8-6-20(7-9-21)16-5-4-14(12(2)22)10-15(16)18/h4-5,10-11H,6-9H2,1-3H3,(H,19,23). The lowest BCUT2D eigenvalue weighted by Gasteiger charge is -2.37. The number of amides is 2. The van der Waals surface area contributed by atoms with Crippen molar-refractivity contribution in [2.45, 2.75) is 26.8 Å². The van der Waals surface area contributed by atoms with Gasteiger partial charge in [-0.05, 0) is 32.0 Å². The third kappa shape index (κ3) is 4.10. The molecule has 0 aromatic heterocycles. The number of hydrogen-bond donors (Lipinski definition) is 1. The Morgan fingerprint density at radius 3 is 2.25 bits per heavy atom.